The minimum Gasteiger partial charge on any atom is -0.396 e. The van der Waals surface area contributed by atoms with Gasteiger partial charge in [-0.05, 0) is 18.6 Å². The first-order chi connectivity index (χ1) is 5.83. The lowest BCUT2D eigenvalue weighted by atomic mass is 10.4. The van der Waals surface area contributed by atoms with Crippen LogP contribution in [0.4, 0.5) is 0 Å². The maximum absolute atomic E-state index is 8.55. The molecule has 1 radical (unpaired) electrons. The Morgan fingerprint density at radius 3 is 3.08 bits per heavy atom. The van der Waals surface area contributed by atoms with Gasteiger partial charge < -0.3 is 5.11 Å². The van der Waals surface area contributed by atoms with E-state index in [1.807, 2.05) is 18.2 Å². The molecule has 0 aliphatic rings. The molecule has 1 N–H and O–H groups in total. The summed E-state index contributed by atoms with van der Waals surface area (Å²) in [5, 5.41) is 9.20. The Morgan fingerprint density at radius 1 is 1.58 bits per heavy atom. The van der Waals surface area contributed by atoms with Gasteiger partial charge in [-0.2, -0.15) is 0 Å². The van der Waals surface area contributed by atoms with Crippen LogP contribution in [0.2, 0.25) is 5.02 Å². The smallest absolute Gasteiger partial charge is 0.0496 e. The normalized spacial score (nSPS) is 10.2. The number of aliphatic hydroxyl groups excluding tert-OH is 1. The van der Waals surface area contributed by atoms with Crippen molar-refractivity contribution in [3.63, 3.8) is 0 Å². The van der Waals surface area contributed by atoms with Crippen molar-refractivity contribution >= 4 is 23.4 Å². The van der Waals surface area contributed by atoms with Gasteiger partial charge in [0, 0.05) is 28.3 Å². The fraction of sp³-hybridized carbons (Fsp3) is 0.333. The highest BCUT2D eigenvalue weighted by Crippen LogP contribution is 2.21. The number of benzene rings is 1. The Labute approximate surface area is 81.7 Å². The zero-order valence-electron chi connectivity index (χ0n) is 6.59. The van der Waals surface area contributed by atoms with Gasteiger partial charge in [-0.3, -0.25) is 0 Å². The SMILES string of the molecule is OCCCSc1cc[c]c(Cl)c1. The molecule has 1 aromatic rings. The molecule has 0 amide bonds. The van der Waals surface area contributed by atoms with E-state index in [0.717, 1.165) is 17.1 Å². The zero-order chi connectivity index (χ0) is 8.81. The van der Waals surface area contributed by atoms with Crippen LogP contribution in [0.1, 0.15) is 6.42 Å². The van der Waals surface area contributed by atoms with Crippen molar-refractivity contribution in [1.82, 2.24) is 0 Å². The number of halogens is 1. The van der Waals surface area contributed by atoms with Crippen molar-refractivity contribution in [3.05, 3.63) is 29.3 Å². The largest absolute Gasteiger partial charge is 0.396 e. The van der Waals surface area contributed by atoms with Crippen LogP contribution in [0.5, 0.6) is 0 Å². The predicted molar refractivity (Wildman–Crippen MR) is 52.7 cm³/mol. The number of hydrogen-bond acceptors (Lipinski definition) is 2. The van der Waals surface area contributed by atoms with E-state index in [-0.39, 0.29) is 6.61 Å². The molecule has 1 aromatic carbocycles. The molecule has 0 aliphatic heterocycles. The average Bonchev–Trinajstić information content (AvgIpc) is 2.05. The molecular formula is C9H10ClOS. The first kappa shape index (κ1) is 9.90. The van der Waals surface area contributed by atoms with Crippen molar-refractivity contribution in [2.45, 2.75) is 11.3 Å². The Balaban J connectivity index is 2.41. The Kier molecular flexibility index (Phi) is 4.51. The van der Waals surface area contributed by atoms with E-state index in [9.17, 15) is 0 Å². The van der Waals surface area contributed by atoms with E-state index >= 15 is 0 Å². The Hall–Kier alpha value is -0.180. The lowest BCUT2D eigenvalue weighted by Crippen LogP contribution is -1.84. The van der Waals surface area contributed by atoms with Gasteiger partial charge in [0.25, 0.3) is 0 Å². The van der Waals surface area contributed by atoms with Gasteiger partial charge >= 0.3 is 0 Å². The molecule has 0 aliphatic carbocycles. The number of hydrogen-bond donors (Lipinski definition) is 1. The summed E-state index contributed by atoms with van der Waals surface area (Å²) >= 11 is 7.43. The van der Waals surface area contributed by atoms with Gasteiger partial charge in [0.1, 0.15) is 0 Å². The molecule has 0 aromatic heterocycles. The summed E-state index contributed by atoms with van der Waals surface area (Å²) in [5.41, 5.74) is 0. The maximum atomic E-state index is 8.55. The van der Waals surface area contributed by atoms with Crippen LogP contribution in [0.3, 0.4) is 0 Å². The molecule has 12 heavy (non-hydrogen) atoms. The molecular weight excluding hydrogens is 192 g/mol. The summed E-state index contributed by atoms with van der Waals surface area (Å²) in [7, 11) is 0. The molecule has 0 spiro atoms. The van der Waals surface area contributed by atoms with Crippen molar-refractivity contribution in [2.75, 3.05) is 12.4 Å². The van der Waals surface area contributed by atoms with Gasteiger partial charge in [0.05, 0.1) is 0 Å². The molecule has 0 atom stereocenters. The molecule has 3 heteroatoms. The molecule has 0 saturated carbocycles. The monoisotopic (exact) mass is 201 g/mol. The second kappa shape index (κ2) is 5.46. The van der Waals surface area contributed by atoms with Gasteiger partial charge in [0.2, 0.25) is 0 Å². The predicted octanol–water partition coefficient (Wildman–Crippen LogP) is 2.61. The molecule has 0 saturated heterocycles. The van der Waals surface area contributed by atoms with E-state index in [4.69, 9.17) is 16.7 Å². The minimum atomic E-state index is 0.250. The summed E-state index contributed by atoms with van der Waals surface area (Å²) in [5.74, 6) is 0.927. The number of thioether (sulfide) groups is 1. The first-order valence-electron chi connectivity index (χ1n) is 3.74. The fourth-order valence-electron chi connectivity index (χ4n) is 0.762. The van der Waals surface area contributed by atoms with E-state index in [1.165, 1.54) is 0 Å². The quantitative estimate of drug-likeness (QED) is 0.597. The third-order valence-corrected chi connectivity index (χ3v) is 2.61. The topological polar surface area (TPSA) is 20.2 Å². The Bertz CT molecular complexity index is 240. The van der Waals surface area contributed by atoms with E-state index in [0.29, 0.717) is 5.02 Å². The fourth-order valence-corrected chi connectivity index (χ4v) is 1.88. The lowest BCUT2D eigenvalue weighted by Gasteiger charge is -1.99. The van der Waals surface area contributed by atoms with Crippen molar-refractivity contribution < 1.29 is 5.11 Å². The standard InChI is InChI=1S/C9H10ClOS/c10-8-3-1-4-9(7-8)12-6-2-5-11/h1,4,7,11H,2,5-6H2. The highest BCUT2D eigenvalue weighted by atomic mass is 35.5. The summed E-state index contributed by atoms with van der Waals surface area (Å²) < 4.78 is 0. The van der Waals surface area contributed by atoms with Crippen LogP contribution in [0.25, 0.3) is 0 Å². The number of aliphatic hydroxyl groups is 1. The van der Waals surface area contributed by atoms with Crippen molar-refractivity contribution in [1.29, 1.82) is 0 Å². The molecule has 1 rings (SSSR count). The summed E-state index contributed by atoms with van der Waals surface area (Å²) in [4.78, 5) is 1.13. The molecule has 1 nitrogen and oxygen atoms in total. The van der Waals surface area contributed by atoms with E-state index < -0.39 is 0 Å². The van der Waals surface area contributed by atoms with Crippen molar-refractivity contribution in [2.24, 2.45) is 0 Å². The van der Waals surface area contributed by atoms with Crippen LogP contribution >= 0.6 is 23.4 Å². The molecule has 0 unspecified atom stereocenters. The molecule has 0 heterocycles. The van der Waals surface area contributed by atoms with E-state index in [1.54, 1.807) is 11.8 Å². The van der Waals surface area contributed by atoms with Crippen LogP contribution in [0.15, 0.2) is 23.1 Å². The van der Waals surface area contributed by atoms with Gasteiger partial charge in [-0.15, -0.1) is 11.8 Å². The third-order valence-electron chi connectivity index (χ3n) is 1.31. The van der Waals surface area contributed by atoms with Crippen LogP contribution < -0.4 is 0 Å². The minimum absolute atomic E-state index is 0.250. The van der Waals surface area contributed by atoms with Crippen LogP contribution in [0, 0.1) is 6.07 Å². The molecule has 65 valence electrons. The second-order valence-electron chi connectivity index (χ2n) is 2.30. The lowest BCUT2D eigenvalue weighted by molar-refractivity contribution is 0.296. The zero-order valence-corrected chi connectivity index (χ0v) is 8.16. The maximum Gasteiger partial charge on any atom is 0.0496 e. The summed E-state index contributed by atoms with van der Waals surface area (Å²) in [6.07, 6.45) is 0.820. The summed E-state index contributed by atoms with van der Waals surface area (Å²) in [6.45, 7) is 0.250. The Morgan fingerprint density at radius 2 is 2.42 bits per heavy atom. The highest BCUT2D eigenvalue weighted by molar-refractivity contribution is 7.99. The average molecular weight is 202 g/mol. The van der Waals surface area contributed by atoms with Crippen LogP contribution in [-0.2, 0) is 0 Å². The number of rotatable bonds is 4. The van der Waals surface area contributed by atoms with Gasteiger partial charge in [0.15, 0.2) is 0 Å². The highest BCUT2D eigenvalue weighted by Gasteiger charge is 1.94. The third kappa shape index (κ3) is 3.48. The molecule has 0 bridgehead atoms. The first-order valence-corrected chi connectivity index (χ1v) is 5.10. The van der Waals surface area contributed by atoms with Gasteiger partial charge in [-0.1, -0.05) is 17.7 Å². The van der Waals surface area contributed by atoms with Crippen LogP contribution in [-0.4, -0.2) is 17.5 Å². The van der Waals surface area contributed by atoms with Crippen molar-refractivity contribution in [3.8, 4) is 0 Å². The van der Waals surface area contributed by atoms with Gasteiger partial charge in [-0.25, -0.2) is 0 Å². The molecule has 0 fully saturated rings. The summed E-state index contributed by atoms with van der Waals surface area (Å²) in [6, 6.07) is 8.52. The second-order valence-corrected chi connectivity index (χ2v) is 3.87. The van der Waals surface area contributed by atoms with E-state index in [2.05, 4.69) is 6.07 Å².